The van der Waals surface area contributed by atoms with E-state index in [1.165, 1.54) is 0 Å². The summed E-state index contributed by atoms with van der Waals surface area (Å²) in [4.78, 5) is 38.4. The van der Waals surface area contributed by atoms with E-state index in [9.17, 15) is 18.9 Å². The van der Waals surface area contributed by atoms with Gasteiger partial charge in [0.2, 0.25) is 24.1 Å². The number of hydrogen-bond acceptors (Lipinski definition) is 4. The molecule has 6 heteroatoms. The molecule has 0 aliphatic carbocycles. The largest absolute Gasteiger partial charge is 0.369 e. The topological polar surface area (TPSA) is 94.3 Å². The number of hydrogen-bond donors (Lipinski definition) is 1. The quantitative estimate of drug-likeness (QED) is 0.730. The fraction of sp³-hybridized carbons (Fsp3) is 0.318. The predicted octanol–water partition coefficient (Wildman–Crippen LogP) is 4.37. The molecule has 2 aromatic carbocycles. The van der Waals surface area contributed by atoms with Gasteiger partial charge in [0.15, 0.2) is 0 Å². The van der Waals surface area contributed by atoms with Crippen LogP contribution in [0.4, 0.5) is 0 Å². The lowest BCUT2D eigenvalue weighted by atomic mass is 10.0. The average molecular weight is 399 g/mol. The summed E-state index contributed by atoms with van der Waals surface area (Å²) in [6.07, 6.45) is -0.774. The minimum absolute atomic E-state index is 0.228. The Hall–Kier alpha value is -2.52. The molecular weight excluding hydrogens is 373 g/mol. The van der Waals surface area contributed by atoms with Crippen LogP contribution in [-0.2, 0) is 9.36 Å². The number of amides is 1. The van der Waals surface area contributed by atoms with Crippen LogP contribution in [0.2, 0.25) is 0 Å². The second-order valence-corrected chi connectivity index (χ2v) is 10.1. The molecule has 0 saturated carbocycles. The summed E-state index contributed by atoms with van der Waals surface area (Å²) in [6.45, 7) is 10.7. The number of aryl methyl sites for hydroxylation is 6. The lowest BCUT2D eigenvalue weighted by Gasteiger charge is -2.20. The van der Waals surface area contributed by atoms with Gasteiger partial charge in [0.1, 0.15) is 0 Å². The fourth-order valence-electron chi connectivity index (χ4n) is 3.85. The molecule has 0 radical (unpaired) electrons. The van der Waals surface area contributed by atoms with E-state index in [2.05, 4.69) is 0 Å². The Labute approximate surface area is 165 Å². The van der Waals surface area contributed by atoms with Crippen molar-refractivity contribution in [1.82, 2.24) is 0 Å². The lowest BCUT2D eigenvalue weighted by Crippen LogP contribution is -2.24. The summed E-state index contributed by atoms with van der Waals surface area (Å²) in [7, 11) is -4.29. The predicted molar refractivity (Wildman–Crippen MR) is 112 cm³/mol. The summed E-state index contributed by atoms with van der Waals surface area (Å²) in [5, 5.41) is 0. The smallest absolute Gasteiger partial charge is 0.230 e. The number of nitrogens with two attached hydrogens (primary N) is 1. The van der Waals surface area contributed by atoms with Gasteiger partial charge in [-0.25, -0.2) is 0 Å². The molecule has 0 unspecified atom stereocenters. The fourth-order valence-corrected chi connectivity index (χ4v) is 6.19. The summed E-state index contributed by atoms with van der Waals surface area (Å²) in [5.74, 6) is -0.935. The van der Waals surface area contributed by atoms with Gasteiger partial charge in [0, 0.05) is 11.1 Å². The molecule has 2 N–H and O–H groups in total. The third kappa shape index (κ3) is 4.00. The van der Waals surface area contributed by atoms with Crippen molar-refractivity contribution in [2.24, 2.45) is 5.73 Å². The van der Waals surface area contributed by atoms with Crippen molar-refractivity contribution < 1.29 is 18.9 Å². The molecule has 0 aliphatic rings. The van der Waals surface area contributed by atoms with Crippen molar-refractivity contribution in [3.05, 3.63) is 68.8 Å². The minimum atomic E-state index is -4.29. The molecule has 0 heterocycles. The van der Waals surface area contributed by atoms with Gasteiger partial charge in [-0.1, -0.05) is 35.4 Å². The number of rotatable bonds is 6. The van der Waals surface area contributed by atoms with Gasteiger partial charge in [-0.05, 0) is 63.8 Å². The molecular formula is C22H26NO4P. The van der Waals surface area contributed by atoms with E-state index in [0.29, 0.717) is 22.3 Å². The standard InChI is InChI=1S/C22H26NO4P/c1-12-7-14(3)19(15(4)8-12)21(25)28(27,11-18(23)24)22(26)20-16(5)9-13(2)10-17(20)6/h7-10H,11H2,1-6H3,(H2,23,24). The van der Waals surface area contributed by atoms with Crippen LogP contribution in [0.15, 0.2) is 24.3 Å². The van der Waals surface area contributed by atoms with Crippen LogP contribution < -0.4 is 5.73 Å². The highest BCUT2D eigenvalue weighted by molar-refractivity contribution is 7.96. The molecule has 5 nitrogen and oxygen atoms in total. The first kappa shape index (κ1) is 21.8. The van der Waals surface area contributed by atoms with Gasteiger partial charge in [-0.15, -0.1) is 0 Å². The van der Waals surface area contributed by atoms with Gasteiger partial charge < -0.3 is 10.3 Å². The van der Waals surface area contributed by atoms with Crippen LogP contribution in [0, 0.1) is 41.5 Å². The SMILES string of the molecule is Cc1cc(C)c(C(=O)P(=O)(CC(N)=O)C(=O)c2c(C)cc(C)cc2C)c(C)c1. The summed E-state index contributed by atoms with van der Waals surface area (Å²) >= 11 is 0. The van der Waals surface area contributed by atoms with Crippen LogP contribution in [0.3, 0.4) is 0 Å². The Morgan fingerprint density at radius 1 is 0.714 bits per heavy atom. The zero-order valence-corrected chi connectivity index (χ0v) is 18.1. The summed E-state index contributed by atoms with van der Waals surface area (Å²) in [6, 6.07) is 7.17. The van der Waals surface area contributed by atoms with Crippen LogP contribution in [-0.4, -0.2) is 23.1 Å². The molecule has 148 valence electrons. The molecule has 0 aromatic heterocycles. The first-order valence-corrected chi connectivity index (χ1v) is 10.9. The maximum Gasteiger partial charge on any atom is 0.230 e. The van der Waals surface area contributed by atoms with Crippen LogP contribution in [0.1, 0.15) is 54.1 Å². The van der Waals surface area contributed by atoms with Crippen LogP contribution >= 0.6 is 7.14 Å². The molecule has 0 fully saturated rings. The van der Waals surface area contributed by atoms with E-state index in [0.717, 1.165) is 11.1 Å². The average Bonchev–Trinajstić information content (AvgIpc) is 2.51. The maximum absolute atomic E-state index is 13.8. The van der Waals surface area contributed by atoms with E-state index >= 15 is 0 Å². The number of primary amides is 1. The molecule has 0 spiro atoms. The zero-order valence-electron chi connectivity index (χ0n) is 17.2. The summed E-state index contributed by atoms with van der Waals surface area (Å²) < 4.78 is 13.8. The van der Waals surface area contributed by atoms with Gasteiger partial charge in [0.05, 0.1) is 6.16 Å². The Kier molecular flexibility index (Phi) is 6.10. The number of carbonyl (C=O) groups excluding carboxylic acids is 3. The van der Waals surface area contributed by atoms with Gasteiger partial charge in [-0.2, -0.15) is 0 Å². The van der Waals surface area contributed by atoms with Crippen molar-refractivity contribution in [2.75, 3.05) is 6.16 Å². The first-order valence-electron chi connectivity index (χ1n) is 9.01. The Morgan fingerprint density at radius 2 is 1.00 bits per heavy atom. The molecule has 0 aliphatic heterocycles. The maximum atomic E-state index is 13.8. The molecule has 0 atom stereocenters. The highest BCUT2D eigenvalue weighted by Crippen LogP contribution is 2.53. The Morgan fingerprint density at radius 3 is 1.25 bits per heavy atom. The van der Waals surface area contributed by atoms with E-state index in [1.807, 2.05) is 13.8 Å². The van der Waals surface area contributed by atoms with Crippen LogP contribution in [0.25, 0.3) is 0 Å². The third-order valence-corrected chi connectivity index (χ3v) is 7.33. The highest BCUT2D eigenvalue weighted by Gasteiger charge is 2.44. The van der Waals surface area contributed by atoms with Crippen molar-refractivity contribution >= 4 is 24.1 Å². The second-order valence-electron chi connectivity index (χ2n) is 7.52. The molecule has 2 aromatic rings. The first-order chi connectivity index (χ1) is 12.9. The second kappa shape index (κ2) is 7.84. The Balaban J connectivity index is 2.72. The number of benzene rings is 2. The van der Waals surface area contributed by atoms with Crippen LogP contribution in [0.5, 0.6) is 0 Å². The van der Waals surface area contributed by atoms with E-state index in [4.69, 9.17) is 5.73 Å². The highest BCUT2D eigenvalue weighted by atomic mass is 31.2. The van der Waals surface area contributed by atoms with Gasteiger partial charge in [0.25, 0.3) is 0 Å². The van der Waals surface area contributed by atoms with E-state index in [1.54, 1.807) is 52.0 Å². The van der Waals surface area contributed by atoms with Crippen molar-refractivity contribution in [3.8, 4) is 0 Å². The molecule has 28 heavy (non-hydrogen) atoms. The van der Waals surface area contributed by atoms with E-state index in [-0.39, 0.29) is 11.1 Å². The monoisotopic (exact) mass is 399 g/mol. The molecule has 1 amide bonds. The third-order valence-electron chi connectivity index (χ3n) is 4.82. The molecule has 0 saturated heterocycles. The lowest BCUT2D eigenvalue weighted by molar-refractivity contribution is -0.115. The van der Waals surface area contributed by atoms with Crippen molar-refractivity contribution in [1.29, 1.82) is 0 Å². The van der Waals surface area contributed by atoms with Gasteiger partial charge in [-0.3, -0.25) is 14.4 Å². The minimum Gasteiger partial charge on any atom is -0.369 e. The molecule has 2 rings (SSSR count). The van der Waals surface area contributed by atoms with E-state index < -0.39 is 30.3 Å². The zero-order chi connectivity index (χ0) is 21.4. The van der Waals surface area contributed by atoms with Crippen molar-refractivity contribution in [3.63, 3.8) is 0 Å². The molecule has 0 bridgehead atoms. The summed E-state index contributed by atoms with van der Waals surface area (Å²) in [5.41, 5.74) is 8.54. The number of carbonyl (C=O) groups is 3. The normalized spacial score (nSPS) is 11.4. The van der Waals surface area contributed by atoms with Gasteiger partial charge >= 0.3 is 0 Å². The Bertz CT molecular complexity index is 933. The van der Waals surface area contributed by atoms with Crippen molar-refractivity contribution in [2.45, 2.75) is 41.5 Å².